The lowest BCUT2D eigenvalue weighted by Gasteiger charge is -2.19. The van der Waals surface area contributed by atoms with E-state index < -0.39 is 4.92 Å². The van der Waals surface area contributed by atoms with Gasteiger partial charge in [-0.15, -0.1) is 17.0 Å². The molecule has 9 heteroatoms. The van der Waals surface area contributed by atoms with Crippen molar-refractivity contribution in [3.05, 3.63) is 82.0 Å². The van der Waals surface area contributed by atoms with E-state index in [0.717, 1.165) is 46.3 Å². The number of rotatable bonds is 7. The number of aryl methyl sites for hydroxylation is 2. The third-order valence-corrected chi connectivity index (χ3v) is 6.34. The predicted molar refractivity (Wildman–Crippen MR) is 141 cm³/mol. The first-order valence-corrected chi connectivity index (χ1v) is 11.2. The summed E-state index contributed by atoms with van der Waals surface area (Å²) in [5.74, 6) is 2.69. The molecule has 5 rings (SSSR count). The molecular weight excluding hydrogens is 528 g/mol. The minimum atomic E-state index is -0.414. The largest absolute Gasteiger partial charge is 0.493 e. The summed E-state index contributed by atoms with van der Waals surface area (Å²) in [6, 6.07) is 16.5. The van der Waals surface area contributed by atoms with Crippen LogP contribution in [0.3, 0.4) is 0 Å². The molecule has 186 valence electrons. The molecule has 0 saturated carbocycles. The molecule has 0 aliphatic carbocycles. The molecule has 3 aromatic carbocycles. The number of hydrogen-bond acceptors (Lipinski definition) is 6. The van der Waals surface area contributed by atoms with Crippen LogP contribution in [0.5, 0.6) is 23.0 Å². The fourth-order valence-electron chi connectivity index (χ4n) is 4.51. The van der Waals surface area contributed by atoms with Gasteiger partial charge in [-0.1, -0.05) is 0 Å². The average molecular weight is 554 g/mol. The molecule has 0 fully saturated rings. The zero-order valence-corrected chi connectivity index (χ0v) is 21.9. The van der Waals surface area contributed by atoms with Crippen molar-refractivity contribution in [2.75, 3.05) is 21.3 Å². The second-order valence-corrected chi connectivity index (χ2v) is 8.28. The van der Waals surface area contributed by atoms with Gasteiger partial charge in [-0.25, -0.2) is 0 Å². The molecule has 1 aliphatic heterocycles. The summed E-state index contributed by atoms with van der Waals surface area (Å²) in [7, 11) is 4.90. The predicted octanol–water partition coefficient (Wildman–Crippen LogP) is 5.44. The lowest BCUT2D eigenvalue weighted by atomic mass is 9.95. The summed E-state index contributed by atoms with van der Waals surface area (Å²) in [5.41, 5.74) is 4.29. The highest BCUT2D eigenvalue weighted by Gasteiger charge is 2.27. The Bertz CT molecular complexity index is 1440. The number of benzene rings is 3. The fraction of sp³-hybridized carbons (Fsp3) is 0.222. The van der Waals surface area contributed by atoms with Gasteiger partial charge < -0.3 is 18.9 Å². The van der Waals surface area contributed by atoms with Crippen molar-refractivity contribution in [2.45, 2.75) is 19.6 Å². The van der Waals surface area contributed by atoms with Gasteiger partial charge in [0.15, 0.2) is 35.7 Å². The van der Waals surface area contributed by atoms with Gasteiger partial charge in [-0.2, -0.15) is 4.57 Å². The number of halogens is 1. The van der Waals surface area contributed by atoms with Gasteiger partial charge in [0.2, 0.25) is 5.69 Å². The topological polar surface area (TPSA) is 83.9 Å². The second kappa shape index (κ2) is 10.4. The average Bonchev–Trinajstić information content (AvgIpc) is 2.89. The number of methoxy groups -OCH3 is 3. The zero-order chi connectivity index (χ0) is 24.5. The highest BCUT2D eigenvalue weighted by molar-refractivity contribution is 8.93. The highest BCUT2D eigenvalue weighted by Crippen LogP contribution is 2.40. The van der Waals surface area contributed by atoms with Gasteiger partial charge in [-0.05, 0) is 52.9 Å². The smallest absolute Gasteiger partial charge is 0.269 e. The number of nitrogens with zero attached hydrogens (tertiary/aromatic N) is 2. The van der Waals surface area contributed by atoms with Crippen LogP contribution in [0.25, 0.3) is 22.0 Å². The van der Waals surface area contributed by atoms with E-state index in [9.17, 15) is 10.1 Å². The maximum Gasteiger partial charge on any atom is 0.269 e. The minimum absolute atomic E-state index is 0. The first-order valence-electron chi connectivity index (χ1n) is 11.2. The van der Waals surface area contributed by atoms with Crippen molar-refractivity contribution in [1.82, 2.24) is 0 Å². The first kappa shape index (κ1) is 25.2. The van der Waals surface area contributed by atoms with Crippen LogP contribution < -0.4 is 23.5 Å². The Morgan fingerprint density at radius 3 is 2.28 bits per heavy atom. The highest BCUT2D eigenvalue weighted by atomic mass is 79.9. The van der Waals surface area contributed by atoms with E-state index in [1.165, 1.54) is 17.7 Å². The Labute approximate surface area is 218 Å². The summed E-state index contributed by atoms with van der Waals surface area (Å²) in [4.78, 5) is 10.5. The van der Waals surface area contributed by atoms with E-state index in [1.54, 1.807) is 33.5 Å². The molecule has 0 amide bonds. The van der Waals surface area contributed by atoms with Gasteiger partial charge in [-0.3, -0.25) is 10.1 Å². The normalized spacial score (nSPS) is 11.6. The van der Waals surface area contributed by atoms with Crippen LogP contribution >= 0.6 is 17.0 Å². The summed E-state index contributed by atoms with van der Waals surface area (Å²) in [6.45, 7) is 1.07. The molecule has 36 heavy (non-hydrogen) atoms. The van der Waals surface area contributed by atoms with Crippen LogP contribution in [0, 0.1) is 10.1 Å². The number of nitro benzene ring substituents is 1. The quantitative estimate of drug-likeness (QED) is 0.172. The fourth-order valence-corrected chi connectivity index (χ4v) is 4.51. The zero-order valence-electron chi connectivity index (χ0n) is 20.1. The number of hydrogen-bond donors (Lipinski definition) is 0. The molecule has 0 saturated heterocycles. The van der Waals surface area contributed by atoms with Crippen LogP contribution in [0.1, 0.15) is 11.1 Å². The number of pyridine rings is 1. The molecule has 2 heterocycles. The Hall–Kier alpha value is -3.85. The van der Waals surface area contributed by atoms with Crippen LogP contribution in [0.2, 0.25) is 0 Å². The van der Waals surface area contributed by atoms with Crippen LogP contribution in [-0.2, 0) is 19.6 Å². The Morgan fingerprint density at radius 1 is 0.917 bits per heavy atom. The van der Waals surface area contributed by atoms with E-state index in [0.29, 0.717) is 17.2 Å². The van der Waals surface area contributed by atoms with Gasteiger partial charge in [0.25, 0.3) is 5.69 Å². The summed E-state index contributed by atoms with van der Waals surface area (Å²) in [5, 5.41) is 12.9. The number of fused-ring (bicyclic) bond motifs is 4. The number of aromatic nitrogens is 1. The minimum Gasteiger partial charge on any atom is -0.493 e. The van der Waals surface area contributed by atoms with Crippen LogP contribution in [0.4, 0.5) is 5.69 Å². The summed E-state index contributed by atoms with van der Waals surface area (Å²) >= 11 is 0. The maximum atomic E-state index is 10.9. The monoisotopic (exact) mass is 553 g/mol. The molecule has 0 N–H and O–H groups in total. The van der Waals surface area contributed by atoms with Crippen LogP contribution in [0.15, 0.2) is 60.8 Å². The molecule has 0 bridgehead atoms. The van der Waals surface area contributed by atoms with Gasteiger partial charge in [0, 0.05) is 24.6 Å². The van der Waals surface area contributed by atoms with Crippen molar-refractivity contribution < 1.29 is 28.4 Å². The number of ether oxygens (including phenoxy) is 4. The van der Waals surface area contributed by atoms with E-state index in [2.05, 4.69) is 22.9 Å². The van der Waals surface area contributed by atoms with E-state index in [1.807, 2.05) is 18.2 Å². The summed E-state index contributed by atoms with van der Waals surface area (Å²) < 4.78 is 25.1. The third kappa shape index (κ3) is 4.54. The molecule has 0 spiro atoms. The van der Waals surface area contributed by atoms with Gasteiger partial charge in [0.1, 0.15) is 6.61 Å². The van der Waals surface area contributed by atoms with E-state index in [4.69, 9.17) is 18.9 Å². The van der Waals surface area contributed by atoms with Gasteiger partial charge >= 0.3 is 0 Å². The van der Waals surface area contributed by atoms with Crippen molar-refractivity contribution >= 4 is 33.4 Å². The third-order valence-electron chi connectivity index (χ3n) is 6.34. The Balaban J connectivity index is 0.00000304. The van der Waals surface area contributed by atoms with Crippen molar-refractivity contribution in [3.63, 3.8) is 0 Å². The lowest BCUT2D eigenvalue weighted by Crippen LogP contribution is -2.40. The summed E-state index contributed by atoms with van der Waals surface area (Å²) in [6.07, 6.45) is 2.96. The molecule has 0 unspecified atom stereocenters. The number of nitro groups is 1. The Morgan fingerprint density at radius 2 is 1.61 bits per heavy atom. The van der Waals surface area contributed by atoms with E-state index in [-0.39, 0.29) is 29.3 Å². The molecule has 4 aromatic rings. The van der Waals surface area contributed by atoms with Crippen molar-refractivity contribution in [1.29, 1.82) is 0 Å². The molecule has 0 atom stereocenters. The number of non-ortho nitro benzene ring substituents is 1. The first-order chi connectivity index (χ1) is 17.0. The van der Waals surface area contributed by atoms with Gasteiger partial charge in [0.05, 0.1) is 37.2 Å². The molecule has 0 radical (unpaired) electrons. The Kier molecular flexibility index (Phi) is 7.30. The van der Waals surface area contributed by atoms with Crippen LogP contribution in [-0.4, -0.2) is 26.3 Å². The second-order valence-electron chi connectivity index (χ2n) is 8.28. The van der Waals surface area contributed by atoms with E-state index >= 15 is 0 Å². The lowest BCUT2D eigenvalue weighted by molar-refractivity contribution is -0.686. The molecule has 1 aliphatic rings. The SMILES string of the molecule is Br.COc1cc2c(cc1OC)-c1cc3ccc(OC)c(OCc4ccc([N+](=O)[O-])cc4)c3c[n+]1CC2. The maximum absolute atomic E-state index is 10.9. The molecule has 1 aromatic heterocycles. The molecular formula is C27H26BrN2O6+. The molecule has 8 nitrogen and oxygen atoms in total. The standard InChI is InChI=1S/C27H25N2O6.BrH/c1-32-24-9-6-18-12-23-21-14-26(34-3)25(33-2)13-19(21)10-11-28(23)15-22(18)27(24)35-16-17-4-7-20(8-5-17)29(30)31;/h4-9,12-15H,10-11,16H2,1-3H3;1H/q+1;. The van der Waals surface area contributed by atoms with Crippen molar-refractivity contribution in [2.24, 2.45) is 0 Å². The van der Waals surface area contributed by atoms with Crippen molar-refractivity contribution in [3.8, 4) is 34.3 Å².